The van der Waals surface area contributed by atoms with Crippen LogP contribution in [0, 0.1) is 0 Å². The second-order valence-electron chi connectivity index (χ2n) is 6.09. The van der Waals surface area contributed by atoms with Crippen LogP contribution >= 0.6 is 47.5 Å². The van der Waals surface area contributed by atoms with Crippen LogP contribution in [0.4, 0.5) is 0 Å². The van der Waals surface area contributed by atoms with Crippen LogP contribution < -0.4 is 11.5 Å². The molecule has 0 aromatic heterocycles. The van der Waals surface area contributed by atoms with Crippen LogP contribution in [0.2, 0.25) is 0 Å². The second kappa shape index (κ2) is 14.1. The molecule has 0 aromatic carbocycles. The first-order valence-electron chi connectivity index (χ1n) is 9.02. The van der Waals surface area contributed by atoms with Gasteiger partial charge in [-0.2, -0.15) is 23.5 Å². The van der Waals surface area contributed by atoms with E-state index in [2.05, 4.69) is 19.8 Å². The normalized spacial score (nSPS) is 19.7. The average Bonchev–Trinajstić information content (AvgIpc) is 2.65. The van der Waals surface area contributed by atoms with E-state index in [0.29, 0.717) is 0 Å². The van der Waals surface area contributed by atoms with Crippen molar-refractivity contribution in [1.82, 2.24) is 9.80 Å². The van der Waals surface area contributed by atoms with E-state index in [1.807, 2.05) is 23.5 Å². The highest BCUT2D eigenvalue weighted by molar-refractivity contribution is 14.0. The van der Waals surface area contributed by atoms with Crippen molar-refractivity contribution in [2.75, 3.05) is 62.3 Å². The van der Waals surface area contributed by atoms with E-state index in [0.717, 1.165) is 87.0 Å². The first-order chi connectivity index (χ1) is 11.8. The molecule has 2 heterocycles. The minimum atomic E-state index is 0. The van der Waals surface area contributed by atoms with Gasteiger partial charge in [-0.05, 0) is 12.8 Å². The molecule has 2 saturated heterocycles. The molecular formula is C16H33IN6S2. The molecule has 0 atom stereocenters. The Balaban J connectivity index is 0.00000312. The molecular weight excluding hydrogens is 467 g/mol. The summed E-state index contributed by atoms with van der Waals surface area (Å²) >= 11 is 3.98. The Morgan fingerprint density at radius 1 is 0.680 bits per heavy atom. The third kappa shape index (κ3) is 9.46. The number of nitrogens with zero attached hydrogens (tertiary/aromatic N) is 4. The molecule has 0 aromatic rings. The van der Waals surface area contributed by atoms with Crippen molar-refractivity contribution in [3.05, 3.63) is 0 Å². The maximum absolute atomic E-state index is 6.04. The van der Waals surface area contributed by atoms with Gasteiger partial charge < -0.3 is 21.3 Å². The van der Waals surface area contributed by atoms with Gasteiger partial charge in [0.25, 0.3) is 0 Å². The lowest BCUT2D eigenvalue weighted by molar-refractivity contribution is 0.454. The first kappa shape index (κ1) is 23.0. The number of hydrogen-bond acceptors (Lipinski definition) is 4. The van der Waals surface area contributed by atoms with E-state index in [4.69, 9.17) is 11.5 Å². The Labute approximate surface area is 178 Å². The number of aliphatic imine (C=N–C) groups is 2. The zero-order valence-electron chi connectivity index (χ0n) is 15.1. The summed E-state index contributed by atoms with van der Waals surface area (Å²) in [7, 11) is 0. The molecule has 2 fully saturated rings. The smallest absolute Gasteiger partial charge is 0.191 e. The zero-order valence-corrected chi connectivity index (χ0v) is 19.0. The first-order valence-corrected chi connectivity index (χ1v) is 11.3. The van der Waals surface area contributed by atoms with Crippen molar-refractivity contribution in [3.8, 4) is 0 Å². The predicted octanol–water partition coefficient (Wildman–Crippen LogP) is 1.89. The SMILES string of the molecule is I.NC(=NCCCCCCN=C(N)N1CCSCC1)N1CCSCC1. The summed E-state index contributed by atoms with van der Waals surface area (Å²) in [5, 5.41) is 0. The van der Waals surface area contributed by atoms with Crippen LogP contribution in [0.25, 0.3) is 0 Å². The molecule has 0 spiro atoms. The minimum absolute atomic E-state index is 0. The molecule has 2 aliphatic heterocycles. The van der Waals surface area contributed by atoms with Crippen molar-refractivity contribution in [1.29, 1.82) is 0 Å². The van der Waals surface area contributed by atoms with Crippen LogP contribution in [0.3, 0.4) is 0 Å². The van der Waals surface area contributed by atoms with Gasteiger partial charge in [0.05, 0.1) is 0 Å². The van der Waals surface area contributed by atoms with Crippen molar-refractivity contribution in [2.24, 2.45) is 21.5 Å². The van der Waals surface area contributed by atoms with Crippen molar-refractivity contribution >= 4 is 59.4 Å². The lowest BCUT2D eigenvalue weighted by Gasteiger charge is -2.27. The molecule has 0 amide bonds. The fraction of sp³-hybridized carbons (Fsp3) is 0.875. The van der Waals surface area contributed by atoms with E-state index in [9.17, 15) is 0 Å². The number of guanidine groups is 2. The quantitative estimate of drug-likeness (QED) is 0.241. The Bertz CT molecular complexity index is 371. The summed E-state index contributed by atoms with van der Waals surface area (Å²) in [6, 6.07) is 0. The molecule has 0 radical (unpaired) electrons. The largest absolute Gasteiger partial charge is 0.370 e. The predicted molar refractivity (Wildman–Crippen MR) is 125 cm³/mol. The third-order valence-corrected chi connectivity index (χ3v) is 6.17. The topological polar surface area (TPSA) is 83.2 Å². The summed E-state index contributed by atoms with van der Waals surface area (Å²) < 4.78 is 0. The van der Waals surface area contributed by atoms with Crippen LogP contribution in [0.5, 0.6) is 0 Å². The van der Waals surface area contributed by atoms with Gasteiger partial charge in [0.1, 0.15) is 0 Å². The van der Waals surface area contributed by atoms with Crippen LogP contribution in [0.15, 0.2) is 9.98 Å². The van der Waals surface area contributed by atoms with Crippen LogP contribution in [0.1, 0.15) is 25.7 Å². The summed E-state index contributed by atoms with van der Waals surface area (Å²) in [5.41, 5.74) is 12.1. The van der Waals surface area contributed by atoms with E-state index >= 15 is 0 Å². The molecule has 0 bridgehead atoms. The summed E-state index contributed by atoms with van der Waals surface area (Å²) in [5.74, 6) is 6.11. The number of rotatable bonds is 7. The lowest BCUT2D eigenvalue weighted by atomic mass is 10.2. The summed E-state index contributed by atoms with van der Waals surface area (Å²) in [4.78, 5) is 13.4. The van der Waals surface area contributed by atoms with Gasteiger partial charge in [-0.25, -0.2) is 0 Å². The standard InChI is InChI=1S/C16H32N6S2.HI/c17-15(21-7-11-23-12-8-21)19-5-3-1-2-4-6-20-16(18)22-9-13-24-14-10-22;/h1-14H2,(H2,17,19)(H2,18,20);1H. The van der Waals surface area contributed by atoms with Crippen LogP contribution in [-0.4, -0.2) is 84.0 Å². The second-order valence-corrected chi connectivity index (χ2v) is 8.54. The number of nitrogens with two attached hydrogens (primary N) is 2. The molecule has 6 nitrogen and oxygen atoms in total. The highest BCUT2D eigenvalue weighted by atomic mass is 127. The van der Waals surface area contributed by atoms with Crippen molar-refractivity contribution in [3.63, 3.8) is 0 Å². The Morgan fingerprint density at radius 2 is 1.04 bits per heavy atom. The Kier molecular flexibility index (Phi) is 13.0. The van der Waals surface area contributed by atoms with Gasteiger partial charge in [0.15, 0.2) is 11.9 Å². The summed E-state index contributed by atoms with van der Waals surface area (Å²) in [6.07, 6.45) is 4.57. The molecule has 0 unspecified atom stereocenters. The fourth-order valence-corrected chi connectivity index (χ4v) is 4.56. The van der Waals surface area contributed by atoms with Gasteiger partial charge in [-0.15, -0.1) is 24.0 Å². The number of halogens is 1. The van der Waals surface area contributed by atoms with Gasteiger partial charge in [0, 0.05) is 62.3 Å². The highest BCUT2D eigenvalue weighted by Gasteiger charge is 2.12. The molecule has 0 saturated carbocycles. The molecule has 4 N–H and O–H groups in total. The van der Waals surface area contributed by atoms with Gasteiger partial charge >= 0.3 is 0 Å². The lowest BCUT2D eigenvalue weighted by Crippen LogP contribution is -2.42. The Hall–Kier alpha value is -0.0300. The van der Waals surface area contributed by atoms with Crippen LogP contribution in [-0.2, 0) is 0 Å². The number of thioether (sulfide) groups is 2. The molecule has 0 aliphatic carbocycles. The van der Waals surface area contributed by atoms with E-state index in [-0.39, 0.29) is 24.0 Å². The molecule has 9 heteroatoms. The summed E-state index contributed by atoms with van der Waals surface area (Å²) in [6.45, 7) is 5.83. The van der Waals surface area contributed by atoms with Gasteiger partial charge in [0.2, 0.25) is 0 Å². The maximum atomic E-state index is 6.04. The van der Waals surface area contributed by atoms with E-state index in [1.54, 1.807) is 0 Å². The molecule has 25 heavy (non-hydrogen) atoms. The minimum Gasteiger partial charge on any atom is -0.370 e. The third-order valence-electron chi connectivity index (χ3n) is 4.28. The van der Waals surface area contributed by atoms with E-state index < -0.39 is 0 Å². The van der Waals surface area contributed by atoms with Gasteiger partial charge in [-0.1, -0.05) is 12.8 Å². The molecule has 146 valence electrons. The maximum Gasteiger partial charge on any atom is 0.191 e. The number of unbranched alkanes of at least 4 members (excludes halogenated alkanes) is 3. The highest BCUT2D eigenvalue weighted by Crippen LogP contribution is 2.09. The Morgan fingerprint density at radius 3 is 1.40 bits per heavy atom. The zero-order chi connectivity index (χ0) is 17.0. The number of hydrogen-bond donors (Lipinski definition) is 2. The van der Waals surface area contributed by atoms with E-state index in [1.165, 1.54) is 12.8 Å². The van der Waals surface area contributed by atoms with Crippen molar-refractivity contribution < 1.29 is 0 Å². The van der Waals surface area contributed by atoms with Gasteiger partial charge in [-0.3, -0.25) is 9.98 Å². The molecule has 2 rings (SSSR count). The fourth-order valence-electron chi connectivity index (χ4n) is 2.75. The van der Waals surface area contributed by atoms with Crippen molar-refractivity contribution in [2.45, 2.75) is 25.7 Å². The molecule has 2 aliphatic rings. The monoisotopic (exact) mass is 500 g/mol. The average molecular weight is 501 g/mol.